The fraction of sp³-hybridized carbons (Fsp3) is 0.360. The van der Waals surface area contributed by atoms with Gasteiger partial charge in [0, 0.05) is 43.8 Å². The summed E-state index contributed by atoms with van der Waals surface area (Å²) in [5.41, 5.74) is 3.58. The van der Waals surface area contributed by atoms with Crippen molar-refractivity contribution in [3.05, 3.63) is 60.0 Å². The minimum Gasteiger partial charge on any atom is -0.384 e. The Morgan fingerprint density at radius 3 is 2.53 bits per heavy atom. The maximum atomic E-state index is 10.3. The largest absolute Gasteiger partial charge is 0.384 e. The van der Waals surface area contributed by atoms with Gasteiger partial charge >= 0.3 is 0 Å². The zero-order valence-electron chi connectivity index (χ0n) is 20.0. The summed E-state index contributed by atoms with van der Waals surface area (Å²) in [5, 5.41) is 18.9. The molecule has 5 rings (SSSR count). The number of aryl methyl sites for hydroxylation is 1. The molecule has 0 atom stereocenters. The van der Waals surface area contributed by atoms with Crippen LogP contribution in [0, 0.1) is 6.92 Å². The highest BCUT2D eigenvalue weighted by atomic mass is 16.3. The highest BCUT2D eigenvalue weighted by molar-refractivity contribution is 5.77. The molecule has 34 heavy (non-hydrogen) atoms. The average molecular weight is 459 g/mol. The Morgan fingerprint density at radius 1 is 1.00 bits per heavy atom. The van der Waals surface area contributed by atoms with E-state index in [1.165, 1.54) is 11.3 Å². The van der Waals surface area contributed by atoms with E-state index in [1.807, 2.05) is 12.1 Å². The van der Waals surface area contributed by atoms with Crippen molar-refractivity contribution in [2.45, 2.75) is 26.4 Å². The molecule has 1 saturated heterocycles. The van der Waals surface area contributed by atoms with Gasteiger partial charge in [-0.2, -0.15) is 14.8 Å². The monoisotopic (exact) mass is 458 g/mol. The van der Waals surface area contributed by atoms with E-state index in [0.29, 0.717) is 23.1 Å². The summed E-state index contributed by atoms with van der Waals surface area (Å²) in [4.78, 5) is 18.6. The summed E-state index contributed by atoms with van der Waals surface area (Å²) in [5.74, 6) is 1.08. The standard InChI is InChI=1S/C25H30N8O/c1-17-14-19(8-9-20(17)32-12-10-31(4)11-13-32)28-24-26-15-18-16-27-33(23(18)30-24)22-7-5-6-21(29-22)25(2,3)34/h5-9,14-16,34H,10-13H2,1-4H3,(H,26,28,30). The van der Waals surface area contributed by atoms with Crippen molar-refractivity contribution in [2.75, 3.05) is 43.4 Å². The van der Waals surface area contributed by atoms with E-state index < -0.39 is 5.60 Å². The van der Waals surface area contributed by atoms with Crippen LogP contribution >= 0.6 is 0 Å². The molecule has 0 amide bonds. The maximum Gasteiger partial charge on any atom is 0.229 e. The fourth-order valence-corrected chi connectivity index (χ4v) is 4.19. The van der Waals surface area contributed by atoms with Crippen LogP contribution in [0.15, 0.2) is 48.8 Å². The Kier molecular flexibility index (Phi) is 5.66. The van der Waals surface area contributed by atoms with Gasteiger partial charge in [-0.25, -0.2) is 9.97 Å². The molecule has 1 fully saturated rings. The number of anilines is 3. The lowest BCUT2D eigenvalue weighted by Crippen LogP contribution is -2.44. The van der Waals surface area contributed by atoms with E-state index >= 15 is 0 Å². The van der Waals surface area contributed by atoms with Crippen molar-refractivity contribution in [2.24, 2.45) is 0 Å². The Balaban J connectivity index is 1.41. The van der Waals surface area contributed by atoms with E-state index in [9.17, 15) is 5.11 Å². The maximum absolute atomic E-state index is 10.3. The van der Waals surface area contributed by atoms with Crippen molar-refractivity contribution >= 4 is 28.4 Å². The Bertz CT molecular complexity index is 1320. The predicted molar refractivity (Wildman–Crippen MR) is 134 cm³/mol. The van der Waals surface area contributed by atoms with Gasteiger partial charge in [-0.1, -0.05) is 6.07 Å². The first kappa shape index (κ1) is 22.2. The van der Waals surface area contributed by atoms with Crippen LogP contribution in [-0.2, 0) is 5.60 Å². The van der Waals surface area contributed by atoms with Gasteiger partial charge < -0.3 is 20.2 Å². The first-order valence-electron chi connectivity index (χ1n) is 11.5. The second kappa shape index (κ2) is 8.66. The number of hydrogen-bond acceptors (Lipinski definition) is 8. The number of fused-ring (bicyclic) bond motifs is 1. The number of aliphatic hydroxyl groups is 1. The summed E-state index contributed by atoms with van der Waals surface area (Å²) in [6.07, 6.45) is 3.46. The molecule has 1 aliphatic rings. The molecule has 1 aliphatic heterocycles. The highest BCUT2D eigenvalue weighted by Crippen LogP contribution is 2.26. The predicted octanol–water partition coefficient (Wildman–Crippen LogP) is 3.24. The number of aromatic nitrogens is 5. The molecule has 9 heteroatoms. The topological polar surface area (TPSA) is 95.2 Å². The number of nitrogens with one attached hydrogen (secondary N) is 1. The van der Waals surface area contributed by atoms with E-state index in [4.69, 9.17) is 4.98 Å². The normalized spacial score (nSPS) is 15.1. The van der Waals surface area contributed by atoms with Gasteiger partial charge in [0.2, 0.25) is 5.95 Å². The lowest BCUT2D eigenvalue weighted by atomic mass is 10.1. The lowest BCUT2D eigenvalue weighted by Gasteiger charge is -2.35. The molecule has 2 N–H and O–H groups in total. The van der Waals surface area contributed by atoms with Gasteiger partial charge in [0.25, 0.3) is 0 Å². The highest BCUT2D eigenvalue weighted by Gasteiger charge is 2.19. The van der Waals surface area contributed by atoms with Crippen LogP contribution < -0.4 is 10.2 Å². The molecule has 9 nitrogen and oxygen atoms in total. The Morgan fingerprint density at radius 2 is 1.79 bits per heavy atom. The second-order valence-corrected chi connectivity index (χ2v) is 9.39. The van der Waals surface area contributed by atoms with Crippen molar-refractivity contribution < 1.29 is 5.11 Å². The van der Waals surface area contributed by atoms with Crippen LogP contribution in [0.25, 0.3) is 16.9 Å². The molecule has 1 aromatic carbocycles. The van der Waals surface area contributed by atoms with Crippen molar-refractivity contribution in [3.8, 4) is 5.82 Å². The Hall–Kier alpha value is -3.56. The number of likely N-dealkylation sites (N-methyl/N-ethyl adjacent to an activating group) is 1. The number of hydrogen-bond donors (Lipinski definition) is 2. The van der Waals surface area contributed by atoms with Crippen LogP contribution in [0.4, 0.5) is 17.3 Å². The molecule has 0 spiro atoms. The fourth-order valence-electron chi connectivity index (χ4n) is 4.19. The van der Waals surface area contributed by atoms with Gasteiger partial charge in [0.15, 0.2) is 11.5 Å². The molecule has 176 valence electrons. The number of pyridine rings is 1. The molecule has 0 saturated carbocycles. The molecule has 0 unspecified atom stereocenters. The number of piperazine rings is 1. The van der Waals surface area contributed by atoms with E-state index in [0.717, 1.165) is 37.3 Å². The first-order chi connectivity index (χ1) is 16.3. The van der Waals surface area contributed by atoms with E-state index in [1.54, 1.807) is 37.0 Å². The number of benzene rings is 1. The van der Waals surface area contributed by atoms with Crippen molar-refractivity contribution in [3.63, 3.8) is 0 Å². The molecule has 3 aromatic heterocycles. The average Bonchev–Trinajstić information content (AvgIpc) is 3.23. The van der Waals surface area contributed by atoms with E-state index in [-0.39, 0.29) is 0 Å². The van der Waals surface area contributed by atoms with Crippen molar-refractivity contribution in [1.82, 2.24) is 29.6 Å². The third kappa shape index (κ3) is 4.44. The van der Waals surface area contributed by atoms with Crippen LogP contribution in [0.1, 0.15) is 25.1 Å². The first-order valence-corrected chi connectivity index (χ1v) is 11.5. The van der Waals surface area contributed by atoms with Crippen molar-refractivity contribution in [1.29, 1.82) is 0 Å². The van der Waals surface area contributed by atoms with Gasteiger partial charge in [-0.15, -0.1) is 0 Å². The minimum atomic E-state index is -1.05. The zero-order valence-corrected chi connectivity index (χ0v) is 20.0. The van der Waals surface area contributed by atoms with Gasteiger partial charge in [-0.05, 0) is 63.7 Å². The Labute approximate surface area is 199 Å². The lowest BCUT2D eigenvalue weighted by molar-refractivity contribution is 0.0738. The second-order valence-electron chi connectivity index (χ2n) is 9.39. The summed E-state index contributed by atoms with van der Waals surface area (Å²) >= 11 is 0. The number of nitrogens with zero attached hydrogens (tertiary/aromatic N) is 7. The van der Waals surface area contributed by atoms with Crippen LogP contribution in [0.2, 0.25) is 0 Å². The van der Waals surface area contributed by atoms with Crippen LogP contribution in [0.3, 0.4) is 0 Å². The zero-order chi connectivity index (χ0) is 23.9. The quantitative estimate of drug-likeness (QED) is 0.471. The molecular formula is C25H30N8O. The summed E-state index contributed by atoms with van der Waals surface area (Å²) in [7, 11) is 2.17. The SMILES string of the molecule is Cc1cc(Nc2ncc3cnn(-c4cccc(C(C)(C)O)n4)c3n2)ccc1N1CCN(C)CC1. The molecular weight excluding hydrogens is 428 g/mol. The minimum absolute atomic E-state index is 0.486. The van der Waals surface area contributed by atoms with Gasteiger partial charge in [0.05, 0.1) is 17.3 Å². The molecule has 4 aromatic rings. The smallest absolute Gasteiger partial charge is 0.229 e. The van der Waals surface area contributed by atoms with Crippen LogP contribution in [0.5, 0.6) is 0 Å². The third-order valence-corrected chi connectivity index (χ3v) is 6.18. The molecule has 0 bridgehead atoms. The van der Waals surface area contributed by atoms with Gasteiger partial charge in [-0.3, -0.25) is 0 Å². The van der Waals surface area contributed by atoms with Gasteiger partial charge in [0.1, 0.15) is 5.60 Å². The van der Waals surface area contributed by atoms with Crippen LogP contribution in [-0.4, -0.2) is 68.0 Å². The molecule has 0 radical (unpaired) electrons. The number of rotatable bonds is 5. The molecule has 0 aliphatic carbocycles. The van der Waals surface area contributed by atoms with E-state index in [2.05, 4.69) is 62.4 Å². The summed E-state index contributed by atoms with van der Waals surface area (Å²) in [6.45, 7) is 9.79. The third-order valence-electron chi connectivity index (χ3n) is 6.18. The molecule has 4 heterocycles. The summed E-state index contributed by atoms with van der Waals surface area (Å²) < 4.78 is 1.67. The summed E-state index contributed by atoms with van der Waals surface area (Å²) in [6, 6.07) is 11.9.